The topological polar surface area (TPSA) is 92.6 Å². The van der Waals surface area contributed by atoms with Gasteiger partial charge in [0.25, 0.3) is 5.69 Å². The number of hydrogen-bond acceptors (Lipinski definition) is 5. The van der Waals surface area contributed by atoms with Crippen LogP contribution in [0, 0.1) is 17.0 Å². The zero-order valence-corrected chi connectivity index (χ0v) is 13.4. The number of aryl methyl sites for hydroxylation is 1. The molecule has 9 heteroatoms. The molecule has 0 saturated carbocycles. The minimum absolute atomic E-state index is 0. The first-order valence-corrected chi connectivity index (χ1v) is 7.75. The molecule has 1 aliphatic rings. The second kappa shape index (κ2) is 6.69. The second-order valence-corrected chi connectivity index (χ2v) is 6.76. The first-order valence-electron chi connectivity index (χ1n) is 6.31. The van der Waals surface area contributed by atoms with E-state index in [4.69, 9.17) is 0 Å². The number of rotatable bonds is 3. The number of benzene rings is 1. The van der Waals surface area contributed by atoms with Crippen molar-refractivity contribution in [3.63, 3.8) is 0 Å². The highest BCUT2D eigenvalue weighted by molar-refractivity contribution is 7.89. The molecule has 0 spiro atoms. The van der Waals surface area contributed by atoms with Crippen molar-refractivity contribution in [2.45, 2.75) is 24.8 Å². The first-order chi connectivity index (χ1) is 9.34. The van der Waals surface area contributed by atoms with Crippen LogP contribution < -0.4 is 5.32 Å². The maximum Gasteiger partial charge on any atom is 0.272 e. The quantitative estimate of drug-likeness (QED) is 0.664. The Kier molecular flexibility index (Phi) is 5.68. The molecule has 1 aliphatic heterocycles. The summed E-state index contributed by atoms with van der Waals surface area (Å²) in [5.41, 5.74) is 0.274. The largest absolute Gasteiger partial charge is 0.314 e. The summed E-state index contributed by atoms with van der Waals surface area (Å²) in [6.45, 7) is 4.99. The maximum atomic E-state index is 12.6. The Labute approximate surface area is 129 Å². The molecular formula is C12H18ClN3O4S. The Morgan fingerprint density at radius 1 is 1.43 bits per heavy atom. The van der Waals surface area contributed by atoms with E-state index in [1.165, 1.54) is 22.5 Å². The summed E-state index contributed by atoms with van der Waals surface area (Å²) in [4.78, 5) is 10.4. The number of hydrogen-bond donors (Lipinski definition) is 1. The summed E-state index contributed by atoms with van der Waals surface area (Å²) in [6, 6.07) is 3.77. The van der Waals surface area contributed by atoms with Gasteiger partial charge in [0.2, 0.25) is 10.0 Å². The van der Waals surface area contributed by atoms with Gasteiger partial charge in [-0.3, -0.25) is 10.1 Å². The number of nitro groups is 1. The van der Waals surface area contributed by atoms with Crippen molar-refractivity contribution in [3.8, 4) is 0 Å². The smallest absolute Gasteiger partial charge is 0.272 e. The van der Waals surface area contributed by atoms with Crippen LogP contribution in [0.5, 0.6) is 0 Å². The van der Waals surface area contributed by atoms with E-state index in [-0.39, 0.29) is 29.0 Å². The van der Waals surface area contributed by atoms with E-state index in [9.17, 15) is 18.5 Å². The summed E-state index contributed by atoms with van der Waals surface area (Å²) in [6.07, 6.45) is 0. The lowest BCUT2D eigenvalue weighted by Gasteiger charge is -2.32. The predicted molar refractivity (Wildman–Crippen MR) is 81.3 cm³/mol. The van der Waals surface area contributed by atoms with Crippen LogP contribution in [0.3, 0.4) is 0 Å². The van der Waals surface area contributed by atoms with Crippen molar-refractivity contribution in [2.75, 3.05) is 19.6 Å². The van der Waals surface area contributed by atoms with Gasteiger partial charge in [-0.05, 0) is 26.0 Å². The molecule has 1 fully saturated rings. The predicted octanol–water partition coefficient (Wildman–Crippen LogP) is 1.31. The van der Waals surface area contributed by atoms with E-state index in [1.54, 1.807) is 6.92 Å². The van der Waals surface area contributed by atoms with Crippen LogP contribution in [0.15, 0.2) is 23.1 Å². The lowest BCUT2D eigenvalue weighted by Crippen LogP contribution is -2.52. The molecule has 1 aromatic carbocycles. The Bertz CT molecular complexity index is 635. The van der Waals surface area contributed by atoms with Crippen LogP contribution >= 0.6 is 12.4 Å². The van der Waals surface area contributed by atoms with Gasteiger partial charge in [0.1, 0.15) is 0 Å². The van der Waals surface area contributed by atoms with Crippen molar-refractivity contribution in [1.29, 1.82) is 0 Å². The highest BCUT2D eigenvalue weighted by Crippen LogP contribution is 2.25. The van der Waals surface area contributed by atoms with Gasteiger partial charge in [-0.2, -0.15) is 4.31 Å². The van der Waals surface area contributed by atoms with Crippen LogP contribution in [0.2, 0.25) is 0 Å². The minimum Gasteiger partial charge on any atom is -0.314 e. The van der Waals surface area contributed by atoms with Gasteiger partial charge >= 0.3 is 0 Å². The van der Waals surface area contributed by atoms with Crippen molar-refractivity contribution >= 4 is 28.1 Å². The van der Waals surface area contributed by atoms with Crippen LogP contribution in [-0.2, 0) is 10.0 Å². The average molecular weight is 336 g/mol. The van der Waals surface area contributed by atoms with Gasteiger partial charge in [-0.1, -0.05) is 0 Å². The fourth-order valence-electron chi connectivity index (χ4n) is 2.31. The zero-order valence-electron chi connectivity index (χ0n) is 11.8. The number of nitro benzene ring substituents is 1. The molecule has 1 atom stereocenters. The molecule has 0 amide bonds. The number of sulfonamides is 1. The van der Waals surface area contributed by atoms with E-state index >= 15 is 0 Å². The molecule has 1 aromatic rings. The lowest BCUT2D eigenvalue weighted by molar-refractivity contribution is -0.385. The van der Waals surface area contributed by atoms with E-state index in [1.807, 2.05) is 6.92 Å². The SMILES string of the molecule is Cc1cc(S(=O)(=O)N2CCNCC2C)ccc1[N+](=O)[O-].Cl. The molecular weight excluding hydrogens is 318 g/mol. The average Bonchev–Trinajstić information content (AvgIpc) is 2.38. The maximum absolute atomic E-state index is 12.6. The molecule has 1 N–H and O–H groups in total. The van der Waals surface area contributed by atoms with Gasteiger partial charge in [-0.15, -0.1) is 12.4 Å². The molecule has 1 saturated heterocycles. The molecule has 0 radical (unpaired) electrons. The van der Waals surface area contributed by atoms with Gasteiger partial charge in [0, 0.05) is 37.3 Å². The fraction of sp³-hybridized carbons (Fsp3) is 0.500. The lowest BCUT2D eigenvalue weighted by atomic mass is 10.2. The van der Waals surface area contributed by atoms with E-state index < -0.39 is 14.9 Å². The van der Waals surface area contributed by atoms with E-state index in [0.717, 1.165) is 0 Å². The Morgan fingerprint density at radius 3 is 2.62 bits per heavy atom. The van der Waals surface area contributed by atoms with E-state index in [0.29, 0.717) is 25.2 Å². The number of piperazine rings is 1. The van der Waals surface area contributed by atoms with Crippen molar-refractivity contribution in [3.05, 3.63) is 33.9 Å². The van der Waals surface area contributed by atoms with Crippen LogP contribution in [-0.4, -0.2) is 43.3 Å². The van der Waals surface area contributed by atoms with Crippen LogP contribution in [0.25, 0.3) is 0 Å². The number of nitrogens with zero attached hydrogens (tertiary/aromatic N) is 2. The van der Waals surface area contributed by atoms with Crippen LogP contribution in [0.4, 0.5) is 5.69 Å². The minimum atomic E-state index is -3.61. The van der Waals surface area contributed by atoms with Gasteiger partial charge < -0.3 is 5.32 Å². The van der Waals surface area contributed by atoms with Gasteiger partial charge in [0.15, 0.2) is 0 Å². The molecule has 118 valence electrons. The fourth-order valence-corrected chi connectivity index (χ4v) is 4.02. The highest BCUT2D eigenvalue weighted by Gasteiger charge is 2.31. The first kappa shape index (κ1) is 17.8. The summed E-state index contributed by atoms with van der Waals surface area (Å²) < 4.78 is 26.6. The summed E-state index contributed by atoms with van der Waals surface area (Å²) in [5, 5.41) is 13.9. The number of nitrogens with one attached hydrogen (secondary N) is 1. The third-order valence-electron chi connectivity index (χ3n) is 3.41. The highest BCUT2D eigenvalue weighted by atomic mass is 35.5. The standard InChI is InChI=1S/C12H17N3O4S.ClH/c1-9-7-11(3-4-12(9)15(16)17)20(18,19)14-6-5-13-8-10(14)2;/h3-4,7,10,13H,5-6,8H2,1-2H3;1H. The van der Waals surface area contributed by atoms with Crippen LogP contribution in [0.1, 0.15) is 12.5 Å². The molecule has 0 aliphatic carbocycles. The molecule has 1 heterocycles. The van der Waals surface area contributed by atoms with Crippen molar-refractivity contribution < 1.29 is 13.3 Å². The Balaban J connectivity index is 0.00000220. The molecule has 7 nitrogen and oxygen atoms in total. The van der Waals surface area contributed by atoms with Crippen molar-refractivity contribution in [2.24, 2.45) is 0 Å². The summed E-state index contributed by atoms with van der Waals surface area (Å²) in [5.74, 6) is 0. The third-order valence-corrected chi connectivity index (χ3v) is 5.42. The molecule has 2 rings (SSSR count). The zero-order chi connectivity index (χ0) is 14.9. The molecule has 0 bridgehead atoms. The molecule has 21 heavy (non-hydrogen) atoms. The molecule has 1 unspecified atom stereocenters. The van der Waals surface area contributed by atoms with E-state index in [2.05, 4.69) is 5.32 Å². The monoisotopic (exact) mass is 335 g/mol. The van der Waals surface area contributed by atoms with Crippen molar-refractivity contribution in [1.82, 2.24) is 9.62 Å². The third kappa shape index (κ3) is 3.52. The molecule has 0 aromatic heterocycles. The number of halogens is 1. The second-order valence-electron chi connectivity index (χ2n) is 4.87. The Morgan fingerprint density at radius 2 is 2.10 bits per heavy atom. The van der Waals surface area contributed by atoms with Gasteiger partial charge in [-0.25, -0.2) is 8.42 Å². The summed E-state index contributed by atoms with van der Waals surface area (Å²) >= 11 is 0. The van der Waals surface area contributed by atoms with Gasteiger partial charge in [0.05, 0.1) is 9.82 Å². The summed E-state index contributed by atoms with van der Waals surface area (Å²) in [7, 11) is -3.61. The Hall–Kier alpha value is -1.22. The normalized spacial score (nSPS) is 19.8.